The van der Waals surface area contributed by atoms with Gasteiger partial charge in [-0.3, -0.25) is 28.8 Å². The Kier molecular flexibility index (Phi) is 18.3. The maximum atomic E-state index is 14.9. The van der Waals surface area contributed by atoms with Crippen LogP contribution in [0.1, 0.15) is 40.7 Å². The van der Waals surface area contributed by atoms with E-state index in [2.05, 4.69) is 10.6 Å². The molecule has 0 spiro atoms. The van der Waals surface area contributed by atoms with Gasteiger partial charge in [0.05, 0.1) is 13.1 Å². The second-order valence-electron chi connectivity index (χ2n) is 16.3. The highest BCUT2D eigenvalue weighted by Gasteiger charge is 2.34. The minimum atomic E-state index is -1.18. The third kappa shape index (κ3) is 15.0. The summed E-state index contributed by atoms with van der Waals surface area (Å²) in [5.41, 5.74) is 9.44. The molecule has 13 nitrogen and oxygen atoms in total. The van der Waals surface area contributed by atoms with E-state index in [4.69, 9.17) is 28.9 Å². The SMILES string of the molecule is NCCCCN1CC(=O)N(Cc2ccc(Cl)cc2)CC(=O)N(Cc2ccccc2)CC(=O)N(Cc2ccc(Cl)cc2)CC(=O)N[C@@H](Cc2ccccc2)C(=O)N[C@@H](Cc2ccccc2)C1=O. The molecular formula is C51H55Cl2N7O6. The Morgan fingerprint density at radius 1 is 0.455 bits per heavy atom. The molecule has 4 N–H and O–H groups in total. The first-order valence-corrected chi connectivity index (χ1v) is 22.7. The number of halogens is 2. The van der Waals surface area contributed by atoms with Gasteiger partial charge in [0.15, 0.2) is 0 Å². The molecule has 1 fully saturated rings. The third-order valence-corrected chi connectivity index (χ3v) is 11.7. The van der Waals surface area contributed by atoms with Crippen LogP contribution in [0.5, 0.6) is 0 Å². The van der Waals surface area contributed by atoms with Crippen LogP contribution < -0.4 is 16.4 Å². The largest absolute Gasteiger partial charge is 0.342 e. The van der Waals surface area contributed by atoms with Gasteiger partial charge < -0.3 is 36.0 Å². The van der Waals surface area contributed by atoms with Crippen molar-refractivity contribution in [2.75, 3.05) is 39.3 Å². The minimum absolute atomic E-state index is 0.0134. The molecule has 66 heavy (non-hydrogen) atoms. The number of hydrogen-bond donors (Lipinski definition) is 3. The first-order chi connectivity index (χ1) is 31.9. The van der Waals surface area contributed by atoms with Crippen molar-refractivity contribution in [2.24, 2.45) is 5.73 Å². The lowest BCUT2D eigenvalue weighted by atomic mass is 10.0. The van der Waals surface area contributed by atoms with Crippen molar-refractivity contribution in [1.82, 2.24) is 30.2 Å². The predicted molar refractivity (Wildman–Crippen MR) is 255 cm³/mol. The van der Waals surface area contributed by atoms with Gasteiger partial charge in [-0.2, -0.15) is 0 Å². The topological polar surface area (TPSA) is 165 Å². The fourth-order valence-corrected chi connectivity index (χ4v) is 7.89. The van der Waals surface area contributed by atoms with Crippen LogP contribution in [0.2, 0.25) is 10.0 Å². The van der Waals surface area contributed by atoms with Gasteiger partial charge in [0, 0.05) is 49.1 Å². The zero-order valence-corrected chi connectivity index (χ0v) is 38.2. The number of unbranched alkanes of at least 4 members (excludes halogenated alkanes) is 1. The number of nitrogens with two attached hydrogens (primary N) is 1. The lowest BCUT2D eigenvalue weighted by molar-refractivity contribution is -0.148. The Bertz CT molecular complexity index is 2390. The number of carbonyl (C=O) groups is 6. The highest BCUT2D eigenvalue weighted by molar-refractivity contribution is 6.30. The quantitative estimate of drug-likeness (QED) is 0.125. The molecule has 5 aromatic carbocycles. The molecule has 0 bridgehead atoms. The monoisotopic (exact) mass is 931 g/mol. The zero-order valence-electron chi connectivity index (χ0n) is 36.7. The molecule has 344 valence electrons. The summed E-state index contributed by atoms with van der Waals surface area (Å²) in [6, 6.07) is 38.8. The summed E-state index contributed by atoms with van der Waals surface area (Å²) in [7, 11) is 0. The van der Waals surface area contributed by atoms with Crippen molar-refractivity contribution < 1.29 is 28.8 Å². The van der Waals surface area contributed by atoms with Crippen molar-refractivity contribution in [3.05, 3.63) is 177 Å². The lowest BCUT2D eigenvalue weighted by Crippen LogP contribution is -2.58. The van der Waals surface area contributed by atoms with E-state index in [9.17, 15) is 28.8 Å². The van der Waals surface area contributed by atoms with E-state index < -0.39 is 73.7 Å². The first-order valence-electron chi connectivity index (χ1n) is 22.0. The predicted octanol–water partition coefficient (Wildman–Crippen LogP) is 5.42. The summed E-state index contributed by atoms with van der Waals surface area (Å²) in [6.45, 7) is -1.35. The summed E-state index contributed by atoms with van der Waals surface area (Å²) in [4.78, 5) is 93.2. The Balaban J connectivity index is 1.44. The summed E-state index contributed by atoms with van der Waals surface area (Å²) in [5, 5.41) is 6.77. The van der Waals surface area contributed by atoms with Gasteiger partial charge in [-0.1, -0.05) is 138 Å². The highest BCUT2D eigenvalue weighted by atomic mass is 35.5. The molecule has 1 aliphatic heterocycles. The van der Waals surface area contributed by atoms with Crippen LogP contribution in [-0.2, 0) is 61.2 Å². The van der Waals surface area contributed by atoms with Crippen molar-refractivity contribution in [3.63, 3.8) is 0 Å². The molecular weight excluding hydrogens is 878 g/mol. The zero-order chi connectivity index (χ0) is 46.8. The summed E-state index contributed by atoms with van der Waals surface area (Å²) >= 11 is 12.4. The summed E-state index contributed by atoms with van der Waals surface area (Å²) < 4.78 is 0. The average Bonchev–Trinajstić information content (AvgIpc) is 3.32. The molecule has 0 radical (unpaired) electrons. The number of carbonyl (C=O) groups excluding carboxylic acids is 6. The second kappa shape index (κ2) is 24.7. The smallest absolute Gasteiger partial charge is 0.245 e. The number of amides is 6. The maximum Gasteiger partial charge on any atom is 0.245 e. The van der Waals surface area contributed by atoms with Crippen molar-refractivity contribution in [2.45, 2.75) is 57.4 Å². The third-order valence-electron chi connectivity index (χ3n) is 11.2. The van der Waals surface area contributed by atoms with Crippen molar-refractivity contribution in [1.29, 1.82) is 0 Å². The molecule has 1 heterocycles. The van der Waals surface area contributed by atoms with Gasteiger partial charge >= 0.3 is 0 Å². The normalized spacial score (nSPS) is 17.3. The van der Waals surface area contributed by atoms with Gasteiger partial charge in [-0.25, -0.2) is 0 Å². The van der Waals surface area contributed by atoms with Crippen LogP contribution in [0.15, 0.2) is 140 Å². The number of rotatable bonds is 14. The van der Waals surface area contributed by atoms with Crippen molar-refractivity contribution in [3.8, 4) is 0 Å². The van der Waals surface area contributed by atoms with Gasteiger partial charge in [0.25, 0.3) is 0 Å². The van der Waals surface area contributed by atoms with E-state index in [-0.39, 0.29) is 39.0 Å². The Labute approximate surface area is 395 Å². The van der Waals surface area contributed by atoms with E-state index in [0.717, 1.165) is 16.7 Å². The van der Waals surface area contributed by atoms with E-state index >= 15 is 0 Å². The first kappa shape index (κ1) is 48.9. The highest BCUT2D eigenvalue weighted by Crippen LogP contribution is 2.17. The second-order valence-corrected chi connectivity index (χ2v) is 17.2. The molecule has 0 unspecified atom stereocenters. The number of nitrogens with one attached hydrogen (secondary N) is 2. The van der Waals surface area contributed by atoms with Gasteiger partial charge in [-0.05, 0) is 71.5 Å². The number of hydrogen-bond acceptors (Lipinski definition) is 7. The van der Waals surface area contributed by atoms with Crippen LogP contribution in [0, 0.1) is 0 Å². The molecule has 1 aliphatic rings. The van der Waals surface area contributed by atoms with Gasteiger partial charge in [-0.15, -0.1) is 0 Å². The van der Waals surface area contributed by atoms with Crippen LogP contribution in [0.4, 0.5) is 0 Å². The molecule has 2 atom stereocenters. The van der Waals surface area contributed by atoms with Crippen LogP contribution >= 0.6 is 23.2 Å². The van der Waals surface area contributed by atoms with E-state index in [1.165, 1.54) is 19.6 Å². The van der Waals surface area contributed by atoms with E-state index in [1.807, 2.05) is 91.0 Å². The Morgan fingerprint density at radius 2 is 0.848 bits per heavy atom. The molecule has 6 rings (SSSR count). The average molecular weight is 933 g/mol. The molecule has 5 aromatic rings. The molecule has 6 amide bonds. The van der Waals surface area contributed by atoms with Crippen LogP contribution in [0.3, 0.4) is 0 Å². The van der Waals surface area contributed by atoms with Crippen LogP contribution in [0.25, 0.3) is 0 Å². The van der Waals surface area contributed by atoms with E-state index in [1.54, 1.807) is 48.5 Å². The minimum Gasteiger partial charge on any atom is -0.342 e. The standard InChI is InChI=1S/C51H55Cl2N7O6/c52-42-22-18-40(19-23-42)31-58-33-46(61)55-44(28-37-12-4-1-5-13-37)50(65)56-45(29-38-14-6-2-7-15-38)51(66)57(27-11-10-26-54)34-47(62)60(32-41-20-24-43(53)25-21-41)36-49(64)59(35-48(58)63)30-39-16-8-3-9-17-39/h1-9,12-25,44-45H,10-11,26-36,54H2,(H,55,61)(H,56,65)/t44-,45-/m0/s1. The Morgan fingerprint density at radius 3 is 1.30 bits per heavy atom. The molecule has 0 aromatic heterocycles. The van der Waals surface area contributed by atoms with Gasteiger partial charge in [0.2, 0.25) is 35.4 Å². The van der Waals surface area contributed by atoms with E-state index in [0.29, 0.717) is 40.6 Å². The fourth-order valence-electron chi connectivity index (χ4n) is 7.64. The Hall–Kier alpha value is -6.54. The number of nitrogens with zero attached hydrogens (tertiary/aromatic N) is 4. The van der Waals surface area contributed by atoms with Crippen molar-refractivity contribution >= 4 is 58.6 Å². The summed E-state index contributed by atoms with van der Waals surface area (Å²) in [5.74, 6) is -3.41. The van der Waals surface area contributed by atoms with Crippen LogP contribution in [-0.4, -0.2) is 106 Å². The molecule has 0 saturated carbocycles. The fraction of sp³-hybridized carbons (Fsp3) is 0.294. The maximum absolute atomic E-state index is 14.9. The molecule has 1 saturated heterocycles. The lowest BCUT2D eigenvalue weighted by Gasteiger charge is -2.33. The summed E-state index contributed by atoms with van der Waals surface area (Å²) in [6.07, 6.45) is 1.16. The van der Waals surface area contributed by atoms with Gasteiger partial charge in [0.1, 0.15) is 25.2 Å². The molecule has 0 aliphatic carbocycles. The number of benzene rings is 5. The molecule has 15 heteroatoms.